The van der Waals surface area contributed by atoms with E-state index in [0.717, 1.165) is 15.9 Å². The Morgan fingerprint density at radius 2 is 1.90 bits per heavy atom. The summed E-state index contributed by atoms with van der Waals surface area (Å²) in [5.74, 6) is 0. The molecule has 1 aromatic carbocycles. The molecular formula is C7H7BrClF. The fourth-order valence-corrected chi connectivity index (χ4v) is 1.46. The van der Waals surface area contributed by atoms with Crippen LogP contribution in [-0.4, -0.2) is 0 Å². The lowest BCUT2D eigenvalue weighted by Crippen LogP contribution is -1.75. The number of rotatable bonds is 1. The van der Waals surface area contributed by atoms with Crippen LogP contribution in [0.15, 0.2) is 24.3 Å². The monoisotopic (exact) mass is 224 g/mol. The van der Waals surface area contributed by atoms with Gasteiger partial charge in [0, 0.05) is 10.4 Å². The Bertz CT molecular complexity index is 203. The van der Waals surface area contributed by atoms with Gasteiger partial charge in [0.2, 0.25) is 0 Å². The Kier molecular flexibility index (Phi) is 4.65. The van der Waals surface area contributed by atoms with Crippen LogP contribution in [0.1, 0.15) is 5.56 Å². The molecule has 1 aromatic rings. The van der Waals surface area contributed by atoms with Gasteiger partial charge in [0.05, 0.1) is 0 Å². The molecule has 0 unspecified atom stereocenters. The van der Waals surface area contributed by atoms with Crippen molar-refractivity contribution in [1.82, 2.24) is 0 Å². The van der Waals surface area contributed by atoms with Crippen LogP contribution in [0.4, 0.5) is 4.70 Å². The lowest BCUT2D eigenvalue weighted by Gasteiger charge is -1.95. The number of benzene rings is 1. The third-order valence-electron chi connectivity index (χ3n) is 1.10. The molecule has 0 atom stereocenters. The number of halogens is 3. The van der Waals surface area contributed by atoms with Gasteiger partial charge >= 0.3 is 0 Å². The van der Waals surface area contributed by atoms with Gasteiger partial charge < -0.3 is 0 Å². The molecule has 0 aliphatic rings. The summed E-state index contributed by atoms with van der Waals surface area (Å²) in [6, 6.07) is 7.78. The lowest BCUT2D eigenvalue weighted by atomic mass is 10.2. The zero-order valence-electron chi connectivity index (χ0n) is 5.18. The van der Waals surface area contributed by atoms with E-state index in [1.807, 2.05) is 24.3 Å². The van der Waals surface area contributed by atoms with Crippen molar-refractivity contribution in [2.45, 2.75) is 5.33 Å². The van der Waals surface area contributed by atoms with Crippen LogP contribution in [0, 0.1) is 0 Å². The van der Waals surface area contributed by atoms with Gasteiger partial charge in [-0.25, -0.2) is 0 Å². The second-order valence-electron chi connectivity index (χ2n) is 1.73. The van der Waals surface area contributed by atoms with Crippen molar-refractivity contribution in [1.29, 1.82) is 0 Å². The summed E-state index contributed by atoms with van der Waals surface area (Å²) < 4.78 is 0. The van der Waals surface area contributed by atoms with Crippen molar-refractivity contribution in [2.24, 2.45) is 0 Å². The summed E-state index contributed by atoms with van der Waals surface area (Å²) in [5, 5.41) is 1.65. The third-order valence-corrected chi connectivity index (χ3v) is 2.07. The van der Waals surface area contributed by atoms with Crippen molar-refractivity contribution in [3.05, 3.63) is 34.9 Å². The number of alkyl halides is 1. The van der Waals surface area contributed by atoms with Crippen LogP contribution >= 0.6 is 27.5 Å². The molecule has 0 nitrogen and oxygen atoms in total. The highest BCUT2D eigenvalue weighted by molar-refractivity contribution is 9.08. The zero-order chi connectivity index (χ0) is 6.69. The van der Waals surface area contributed by atoms with Crippen LogP contribution in [0.25, 0.3) is 0 Å². The van der Waals surface area contributed by atoms with Crippen LogP contribution < -0.4 is 0 Å². The smallest absolute Gasteiger partial charge is 0.0446 e. The summed E-state index contributed by atoms with van der Waals surface area (Å²) >= 11 is 9.12. The average molecular weight is 225 g/mol. The molecule has 3 heteroatoms. The van der Waals surface area contributed by atoms with E-state index in [-0.39, 0.29) is 4.70 Å². The Balaban J connectivity index is 0.000000810. The van der Waals surface area contributed by atoms with E-state index in [1.54, 1.807) is 0 Å². The van der Waals surface area contributed by atoms with Crippen molar-refractivity contribution < 1.29 is 4.70 Å². The number of hydrogen-bond acceptors (Lipinski definition) is 0. The molecule has 0 amide bonds. The second-order valence-corrected chi connectivity index (χ2v) is 2.69. The lowest BCUT2D eigenvalue weighted by molar-refractivity contribution is 1.11. The summed E-state index contributed by atoms with van der Waals surface area (Å²) in [5.41, 5.74) is 1.14. The van der Waals surface area contributed by atoms with E-state index >= 15 is 0 Å². The van der Waals surface area contributed by atoms with E-state index in [9.17, 15) is 0 Å². The maximum absolute atomic E-state index is 5.79. The standard InChI is InChI=1S/C7H6BrCl.FH/c8-5-6-3-1-2-4-7(6)9;/h1-4H,5H2;1H. The highest BCUT2D eigenvalue weighted by Gasteiger charge is 1.92. The minimum absolute atomic E-state index is 0. The Labute approximate surface area is 72.7 Å². The molecule has 10 heavy (non-hydrogen) atoms. The normalized spacial score (nSPS) is 8.60. The summed E-state index contributed by atoms with van der Waals surface area (Å²) in [6.07, 6.45) is 0. The highest BCUT2D eigenvalue weighted by atomic mass is 79.9. The molecule has 0 aromatic heterocycles. The fourth-order valence-electron chi connectivity index (χ4n) is 0.607. The molecule has 1 rings (SSSR count). The first kappa shape index (κ1) is 9.92. The highest BCUT2D eigenvalue weighted by Crippen LogP contribution is 2.16. The van der Waals surface area contributed by atoms with Gasteiger partial charge in [0.1, 0.15) is 0 Å². The second kappa shape index (κ2) is 4.69. The molecule has 0 spiro atoms. The molecule has 0 saturated heterocycles. The van der Waals surface area contributed by atoms with Crippen LogP contribution in [0.3, 0.4) is 0 Å². The SMILES string of the molecule is Clc1ccccc1CBr.F. The fraction of sp³-hybridized carbons (Fsp3) is 0.143. The summed E-state index contributed by atoms with van der Waals surface area (Å²) in [6.45, 7) is 0. The maximum atomic E-state index is 5.79. The third kappa shape index (κ3) is 2.27. The molecule has 0 heterocycles. The zero-order valence-corrected chi connectivity index (χ0v) is 7.52. The average Bonchev–Trinajstić information content (AvgIpc) is 1.89. The maximum Gasteiger partial charge on any atom is 0.0446 e. The largest absolute Gasteiger partial charge is 0.269 e. The molecule has 0 aliphatic heterocycles. The molecular weight excluding hydrogens is 218 g/mol. The summed E-state index contributed by atoms with van der Waals surface area (Å²) in [4.78, 5) is 0. The quantitative estimate of drug-likeness (QED) is 0.643. The van der Waals surface area contributed by atoms with Gasteiger partial charge in [-0.05, 0) is 11.6 Å². The van der Waals surface area contributed by atoms with E-state index in [2.05, 4.69) is 15.9 Å². The van der Waals surface area contributed by atoms with Gasteiger partial charge in [-0.3, -0.25) is 4.70 Å². The Hall–Kier alpha value is -0.0800. The van der Waals surface area contributed by atoms with Crippen molar-refractivity contribution in [3.8, 4) is 0 Å². The van der Waals surface area contributed by atoms with Crippen LogP contribution in [0.5, 0.6) is 0 Å². The first-order valence-corrected chi connectivity index (χ1v) is 4.14. The van der Waals surface area contributed by atoms with Crippen molar-refractivity contribution in [2.75, 3.05) is 0 Å². The minimum atomic E-state index is 0. The van der Waals surface area contributed by atoms with Gasteiger partial charge in [-0.15, -0.1) is 0 Å². The van der Waals surface area contributed by atoms with Crippen molar-refractivity contribution >= 4 is 27.5 Å². The van der Waals surface area contributed by atoms with E-state index < -0.39 is 0 Å². The van der Waals surface area contributed by atoms with E-state index in [4.69, 9.17) is 11.6 Å². The van der Waals surface area contributed by atoms with Crippen LogP contribution in [0.2, 0.25) is 5.02 Å². The van der Waals surface area contributed by atoms with Gasteiger partial charge in [-0.1, -0.05) is 45.7 Å². The number of hydrogen-bond donors (Lipinski definition) is 0. The first-order chi connectivity index (χ1) is 4.34. The predicted octanol–water partition coefficient (Wildman–Crippen LogP) is 3.39. The van der Waals surface area contributed by atoms with E-state index in [0.29, 0.717) is 0 Å². The van der Waals surface area contributed by atoms with Gasteiger partial charge in [0.25, 0.3) is 0 Å². The minimum Gasteiger partial charge on any atom is -0.269 e. The first-order valence-electron chi connectivity index (χ1n) is 2.64. The topological polar surface area (TPSA) is 0 Å². The molecule has 0 radical (unpaired) electrons. The Morgan fingerprint density at radius 1 is 1.30 bits per heavy atom. The van der Waals surface area contributed by atoms with Crippen LogP contribution in [-0.2, 0) is 5.33 Å². The molecule has 0 fully saturated rings. The molecule has 0 aliphatic carbocycles. The predicted molar refractivity (Wildman–Crippen MR) is 46.6 cm³/mol. The van der Waals surface area contributed by atoms with E-state index in [1.165, 1.54) is 0 Å². The molecule has 0 bridgehead atoms. The summed E-state index contributed by atoms with van der Waals surface area (Å²) in [7, 11) is 0. The van der Waals surface area contributed by atoms with Crippen molar-refractivity contribution in [3.63, 3.8) is 0 Å². The molecule has 56 valence electrons. The molecule has 0 saturated carbocycles. The van der Waals surface area contributed by atoms with Gasteiger partial charge in [0.15, 0.2) is 0 Å². The molecule has 0 N–H and O–H groups in total. The van der Waals surface area contributed by atoms with Gasteiger partial charge in [-0.2, -0.15) is 0 Å². The Morgan fingerprint density at radius 3 is 2.30 bits per heavy atom.